The van der Waals surface area contributed by atoms with E-state index < -0.39 is 0 Å². The Kier molecular flexibility index (Phi) is 1.43. The number of nitrogens with zero attached hydrogens (tertiary/aromatic N) is 2. The molecule has 0 bridgehead atoms. The molecule has 0 aliphatic carbocycles. The van der Waals surface area contributed by atoms with Gasteiger partial charge in [0.1, 0.15) is 11.1 Å². The summed E-state index contributed by atoms with van der Waals surface area (Å²) in [4.78, 5) is 1.46. The first kappa shape index (κ1) is 6.48. The molecule has 0 spiro atoms. The lowest BCUT2D eigenvalue weighted by Gasteiger charge is -1.97. The standard InChI is InChI=1S/C6H5N3OS/c10-9-5-2-1-3-8-11-6(5)4-7-9/h1-4,8H. The summed E-state index contributed by atoms with van der Waals surface area (Å²) in [5.74, 6) is 0. The van der Waals surface area contributed by atoms with Crippen molar-refractivity contribution in [1.82, 2.24) is 4.72 Å². The molecular formula is C6H5N3OS. The fraction of sp³-hybridized carbons (Fsp3) is 0. The van der Waals surface area contributed by atoms with Gasteiger partial charge in [0.25, 0.3) is 5.70 Å². The molecule has 0 saturated heterocycles. The monoisotopic (exact) mass is 167 g/mol. The van der Waals surface area contributed by atoms with Crippen LogP contribution in [0.5, 0.6) is 0 Å². The van der Waals surface area contributed by atoms with Gasteiger partial charge in [-0.05, 0) is 22.9 Å². The van der Waals surface area contributed by atoms with Crippen LogP contribution in [0.25, 0.3) is 0 Å². The smallest absolute Gasteiger partial charge is 0.262 e. The van der Waals surface area contributed by atoms with Crippen LogP contribution in [0.1, 0.15) is 0 Å². The van der Waals surface area contributed by atoms with Gasteiger partial charge >= 0.3 is 0 Å². The molecule has 2 rings (SSSR count). The molecular weight excluding hydrogens is 162 g/mol. The lowest BCUT2D eigenvalue weighted by molar-refractivity contribution is -0.463. The lowest BCUT2D eigenvalue weighted by Crippen LogP contribution is -1.96. The maximum atomic E-state index is 10.9. The van der Waals surface area contributed by atoms with Crippen LogP contribution in [-0.4, -0.2) is 4.86 Å². The predicted octanol–water partition coefficient (Wildman–Crippen LogP) is 1.45. The van der Waals surface area contributed by atoms with E-state index in [1.807, 2.05) is 0 Å². The molecule has 0 aromatic heterocycles. The van der Waals surface area contributed by atoms with Crippen molar-refractivity contribution in [1.29, 1.82) is 0 Å². The van der Waals surface area contributed by atoms with Crippen molar-refractivity contribution in [2.45, 2.75) is 0 Å². The van der Waals surface area contributed by atoms with Crippen molar-refractivity contribution in [2.24, 2.45) is 5.11 Å². The highest BCUT2D eigenvalue weighted by Crippen LogP contribution is 2.28. The molecule has 0 aromatic carbocycles. The molecule has 2 aliphatic heterocycles. The predicted molar refractivity (Wildman–Crippen MR) is 42.1 cm³/mol. The Balaban J connectivity index is 2.39. The summed E-state index contributed by atoms with van der Waals surface area (Å²) in [5, 5.41) is 14.5. The molecule has 0 unspecified atom stereocenters. The van der Waals surface area contributed by atoms with Crippen LogP contribution in [0.3, 0.4) is 0 Å². The second kappa shape index (κ2) is 2.43. The first-order chi connectivity index (χ1) is 5.38. The van der Waals surface area contributed by atoms with E-state index in [-0.39, 0.29) is 0 Å². The van der Waals surface area contributed by atoms with Gasteiger partial charge in [-0.2, -0.15) is 0 Å². The number of fused-ring (bicyclic) bond motifs is 1. The minimum atomic E-state index is 0.594. The number of rotatable bonds is 0. The van der Waals surface area contributed by atoms with E-state index in [1.54, 1.807) is 24.6 Å². The van der Waals surface area contributed by atoms with Gasteiger partial charge in [-0.3, -0.25) is 0 Å². The summed E-state index contributed by atoms with van der Waals surface area (Å²) in [5.41, 5.74) is 0.594. The van der Waals surface area contributed by atoms with Gasteiger partial charge in [0, 0.05) is 17.4 Å². The lowest BCUT2D eigenvalue weighted by atomic mass is 10.4. The zero-order valence-electron chi connectivity index (χ0n) is 5.52. The molecule has 0 fully saturated rings. The molecule has 2 aliphatic rings. The van der Waals surface area contributed by atoms with Crippen LogP contribution in [0.4, 0.5) is 0 Å². The van der Waals surface area contributed by atoms with E-state index in [1.165, 1.54) is 11.9 Å². The summed E-state index contributed by atoms with van der Waals surface area (Å²) in [6, 6.07) is 0. The molecule has 0 amide bonds. The van der Waals surface area contributed by atoms with Crippen molar-refractivity contribution in [3.8, 4) is 0 Å². The van der Waals surface area contributed by atoms with Crippen molar-refractivity contribution >= 4 is 11.9 Å². The molecule has 4 nitrogen and oxygen atoms in total. The highest BCUT2D eigenvalue weighted by Gasteiger charge is 2.22. The quantitative estimate of drug-likeness (QED) is 0.337. The fourth-order valence-electron chi connectivity index (χ4n) is 0.828. The van der Waals surface area contributed by atoms with E-state index in [2.05, 4.69) is 9.84 Å². The average molecular weight is 167 g/mol. The molecule has 2 heterocycles. The summed E-state index contributed by atoms with van der Waals surface area (Å²) in [6.07, 6.45) is 6.81. The van der Waals surface area contributed by atoms with Crippen LogP contribution in [0.2, 0.25) is 0 Å². The molecule has 0 saturated carbocycles. The van der Waals surface area contributed by atoms with Gasteiger partial charge in [-0.15, -0.1) is 0 Å². The molecule has 0 radical (unpaired) electrons. The van der Waals surface area contributed by atoms with Crippen molar-refractivity contribution in [3.05, 3.63) is 40.4 Å². The second-order valence-electron chi connectivity index (χ2n) is 2.01. The third kappa shape index (κ3) is 1.03. The zero-order valence-corrected chi connectivity index (χ0v) is 6.34. The number of hydrogen-bond donors (Lipinski definition) is 1. The van der Waals surface area contributed by atoms with Crippen LogP contribution < -0.4 is 4.72 Å². The number of hydroxylamine groups is 1. The van der Waals surface area contributed by atoms with Gasteiger partial charge in [-0.1, -0.05) is 0 Å². The van der Waals surface area contributed by atoms with Crippen LogP contribution in [0.15, 0.2) is 40.3 Å². The van der Waals surface area contributed by atoms with Crippen molar-refractivity contribution < 1.29 is 4.86 Å². The van der Waals surface area contributed by atoms with Crippen molar-refractivity contribution in [3.63, 3.8) is 0 Å². The van der Waals surface area contributed by atoms with E-state index in [4.69, 9.17) is 0 Å². The second-order valence-corrected chi connectivity index (χ2v) is 2.89. The summed E-state index contributed by atoms with van der Waals surface area (Å²) < 4.78 is 2.93. The highest BCUT2D eigenvalue weighted by atomic mass is 32.2. The normalized spacial score (nSPS) is 20.9. The summed E-state index contributed by atoms with van der Waals surface area (Å²) in [6.45, 7) is 0. The number of nitrogens with one attached hydrogen (secondary N) is 1. The largest absolute Gasteiger partial charge is 0.594 e. The Labute approximate surface area is 67.7 Å². The maximum Gasteiger partial charge on any atom is 0.262 e. The minimum Gasteiger partial charge on any atom is -0.594 e. The van der Waals surface area contributed by atoms with Crippen LogP contribution in [0, 0.1) is 5.21 Å². The third-order valence-electron chi connectivity index (χ3n) is 1.33. The summed E-state index contributed by atoms with van der Waals surface area (Å²) in [7, 11) is 0. The number of azo groups is 1. The molecule has 56 valence electrons. The SMILES string of the molecule is [O-][N+]1=NC=C2SNC=CC=C21. The van der Waals surface area contributed by atoms with Gasteiger partial charge in [0.05, 0.1) is 0 Å². The Morgan fingerprint density at radius 1 is 1.64 bits per heavy atom. The molecule has 0 atom stereocenters. The molecule has 0 aromatic rings. The maximum absolute atomic E-state index is 10.9. The average Bonchev–Trinajstić information content (AvgIpc) is 2.25. The van der Waals surface area contributed by atoms with Gasteiger partial charge < -0.3 is 9.93 Å². The Morgan fingerprint density at radius 2 is 2.55 bits per heavy atom. The Bertz CT molecular complexity index is 303. The zero-order chi connectivity index (χ0) is 7.68. The first-order valence-corrected chi connectivity index (χ1v) is 3.87. The Hall–Kier alpha value is -1.23. The van der Waals surface area contributed by atoms with Crippen LogP contribution >= 0.6 is 11.9 Å². The number of hydrogen-bond acceptors (Lipinski definition) is 4. The third-order valence-corrected chi connectivity index (χ3v) is 2.11. The topological polar surface area (TPSA) is 50.5 Å². The van der Waals surface area contributed by atoms with E-state index in [0.29, 0.717) is 10.6 Å². The van der Waals surface area contributed by atoms with E-state index >= 15 is 0 Å². The van der Waals surface area contributed by atoms with Crippen molar-refractivity contribution in [2.75, 3.05) is 0 Å². The van der Waals surface area contributed by atoms with Gasteiger partial charge in [0.15, 0.2) is 0 Å². The molecule has 5 heteroatoms. The fourth-order valence-corrected chi connectivity index (χ4v) is 1.45. The summed E-state index contributed by atoms with van der Waals surface area (Å²) >= 11 is 1.38. The minimum absolute atomic E-state index is 0.594. The highest BCUT2D eigenvalue weighted by molar-refractivity contribution is 8.01. The van der Waals surface area contributed by atoms with E-state index in [0.717, 1.165) is 4.91 Å². The molecule has 1 N–H and O–H groups in total. The number of allylic oxidation sites excluding steroid dienone is 2. The van der Waals surface area contributed by atoms with Crippen LogP contribution in [-0.2, 0) is 0 Å². The van der Waals surface area contributed by atoms with Gasteiger partial charge in [0.2, 0.25) is 0 Å². The Morgan fingerprint density at radius 3 is 3.45 bits per heavy atom. The molecule has 11 heavy (non-hydrogen) atoms. The van der Waals surface area contributed by atoms with Gasteiger partial charge in [-0.25, -0.2) is 0 Å². The first-order valence-electron chi connectivity index (χ1n) is 3.06. The van der Waals surface area contributed by atoms with E-state index in [9.17, 15) is 5.21 Å².